The Morgan fingerprint density at radius 1 is 1.33 bits per heavy atom. The summed E-state index contributed by atoms with van der Waals surface area (Å²) < 4.78 is 5.86. The van der Waals surface area contributed by atoms with Crippen LogP contribution >= 0.6 is 0 Å². The maximum Gasteiger partial charge on any atom is 0.221 e. The number of nitrogens with zero attached hydrogens (tertiary/aromatic N) is 2. The van der Waals surface area contributed by atoms with Crippen molar-refractivity contribution in [3.8, 4) is 5.88 Å². The Kier molecular flexibility index (Phi) is 3.04. The molecule has 1 aliphatic carbocycles. The summed E-state index contributed by atoms with van der Waals surface area (Å²) in [6.45, 7) is 1.98. The second-order valence-electron chi connectivity index (χ2n) is 3.93. The fourth-order valence-electron chi connectivity index (χ4n) is 1.97. The van der Waals surface area contributed by atoms with Crippen LogP contribution in [0.4, 0.5) is 5.82 Å². The van der Waals surface area contributed by atoms with Crippen molar-refractivity contribution in [1.29, 1.82) is 0 Å². The molecule has 0 aliphatic heterocycles. The summed E-state index contributed by atoms with van der Waals surface area (Å²) in [5, 5.41) is 3.03. The van der Waals surface area contributed by atoms with Crippen molar-refractivity contribution < 1.29 is 4.74 Å². The van der Waals surface area contributed by atoms with Gasteiger partial charge >= 0.3 is 0 Å². The minimum Gasteiger partial charge on any atom is -0.474 e. The van der Waals surface area contributed by atoms with Crippen molar-refractivity contribution in [1.82, 2.24) is 9.97 Å². The quantitative estimate of drug-likeness (QED) is 0.825. The van der Waals surface area contributed by atoms with Gasteiger partial charge in [0.2, 0.25) is 5.88 Å². The van der Waals surface area contributed by atoms with Crippen LogP contribution in [0.15, 0.2) is 6.33 Å². The summed E-state index contributed by atoms with van der Waals surface area (Å²) in [6.07, 6.45) is 6.74. The van der Waals surface area contributed by atoms with Crippen molar-refractivity contribution in [2.45, 2.75) is 38.7 Å². The van der Waals surface area contributed by atoms with E-state index in [1.165, 1.54) is 12.8 Å². The summed E-state index contributed by atoms with van der Waals surface area (Å²) >= 11 is 0. The normalized spacial score (nSPS) is 16.7. The largest absolute Gasteiger partial charge is 0.474 e. The third kappa shape index (κ3) is 2.19. The van der Waals surface area contributed by atoms with Crippen LogP contribution < -0.4 is 10.1 Å². The van der Waals surface area contributed by atoms with E-state index in [1.807, 2.05) is 14.0 Å². The molecule has 4 nitrogen and oxygen atoms in total. The Labute approximate surface area is 90.1 Å². The van der Waals surface area contributed by atoms with Gasteiger partial charge in [0.05, 0.1) is 5.56 Å². The molecule has 0 radical (unpaired) electrons. The number of rotatable bonds is 3. The molecule has 2 rings (SSSR count). The molecule has 1 aromatic heterocycles. The van der Waals surface area contributed by atoms with E-state index < -0.39 is 0 Å². The van der Waals surface area contributed by atoms with E-state index in [-0.39, 0.29) is 0 Å². The van der Waals surface area contributed by atoms with Crippen LogP contribution in [-0.2, 0) is 0 Å². The lowest BCUT2D eigenvalue weighted by molar-refractivity contribution is 0.199. The average molecular weight is 207 g/mol. The molecular formula is C11H17N3O. The van der Waals surface area contributed by atoms with Crippen molar-refractivity contribution in [2.24, 2.45) is 0 Å². The topological polar surface area (TPSA) is 47.0 Å². The predicted octanol–water partition coefficient (Wildman–Crippen LogP) is 2.15. The molecule has 1 fully saturated rings. The van der Waals surface area contributed by atoms with Gasteiger partial charge in [-0.2, -0.15) is 0 Å². The zero-order valence-electron chi connectivity index (χ0n) is 9.29. The second-order valence-corrected chi connectivity index (χ2v) is 3.93. The minimum atomic E-state index is 0.350. The van der Waals surface area contributed by atoms with Gasteiger partial charge in [-0.15, -0.1) is 0 Å². The zero-order chi connectivity index (χ0) is 10.7. The van der Waals surface area contributed by atoms with Crippen molar-refractivity contribution in [2.75, 3.05) is 12.4 Å². The molecular weight excluding hydrogens is 190 g/mol. The van der Waals surface area contributed by atoms with E-state index in [1.54, 1.807) is 6.33 Å². The Bertz CT molecular complexity index is 335. The Morgan fingerprint density at radius 2 is 2.07 bits per heavy atom. The molecule has 82 valence electrons. The van der Waals surface area contributed by atoms with Gasteiger partial charge in [0.25, 0.3) is 0 Å². The highest BCUT2D eigenvalue weighted by Gasteiger charge is 2.18. The third-order valence-electron chi connectivity index (χ3n) is 2.86. The molecule has 0 aromatic carbocycles. The number of hydrogen-bond acceptors (Lipinski definition) is 4. The average Bonchev–Trinajstić information content (AvgIpc) is 2.74. The van der Waals surface area contributed by atoms with E-state index >= 15 is 0 Å². The van der Waals surface area contributed by atoms with E-state index in [9.17, 15) is 0 Å². The summed E-state index contributed by atoms with van der Waals surface area (Å²) in [6, 6.07) is 0. The van der Waals surface area contributed by atoms with E-state index in [0.29, 0.717) is 6.10 Å². The number of hydrogen-bond donors (Lipinski definition) is 1. The van der Waals surface area contributed by atoms with Crippen LogP contribution in [0.25, 0.3) is 0 Å². The molecule has 0 saturated heterocycles. The lowest BCUT2D eigenvalue weighted by atomic mass is 10.3. The van der Waals surface area contributed by atoms with Gasteiger partial charge in [-0.3, -0.25) is 0 Å². The monoisotopic (exact) mass is 207 g/mol. The minimum absolute atomic E-state index is 0.350. The fraction of sp³-hybridized carbons (Fsp3) is 0.636. The number of aromatic nitrogens is 2. The smallest absolute Gasteiger partial charge is 0.221 e. The maximum atomic E-state index is 5.86. The Morgan fingerprint density at radius 3 is 2.73 bits per heavy atom. The molecule has 0 bridgehead atoms. The van der Waals surface area contributed by atoms with E-state index in [0.717, 1.165) is 30.1 Å². The third-order valence-corrected chi connectivity index (χ3v) is 2.86. The van der Waals surface area contributed by atoms with E-state index in [4.69, 9.17) is 4.74 Å². The lowest BCUT2D eigenvalue weighted by Crippen LogP contribution is -2.13. The van der Waals surface area contributed by atoms with Gasteiger partial charge in [0, 0.05) is 7.05 Å². The van der Waals surface area contributed by atoms with Gasteiger partial charge < -0.3 is 10.1 Å². The molecule has 0 spiro atoms. The number of anilines is 1. The molecule has 0 amide bonds. The van der Waals surface area contributed by atoms with Crippen LogP contribution in [0.5, 0.6) is 5.88 Å². The molecule has 1 aromatic rings. The zero-order valence-corrected chi connectivity index (χ0v) is 9.29. The first-order chi connectivity index (χ1) is 7.31. The Hall–Kier alpha value is -1.32. The van der Waals surface area contributed by atoms with Gasteiger partial charge in [-0.05, 0) is 32.6 Å². The van der Waals surface area contributed by atoms with Crippen LogP contribution in [0.1, 0.15) is 31.2 Å². The van der Waals surface area contributed by atoms with Gasteiger partial charge in [0.1, 0.15) is 18.2 Å². The summed E-state index contributed by atoms with van der Waals surface area (Å²) in [7, 11) is 1.86. The lowest BCUT2D eigenvalue weighted by Gasteiger charge is -2.14. The molecule has 1 saturated carbocycles. The van der Waals surface area contributed by atoms with Crippen molar-refractivity contribution in [3.63, 3.8) is 0 Å². The Balaban J connectivity index is 2.13. The fourth-order valence-corrected chi connectivity index (χ4v) is 1.97. The molecule has 1 aliphatic rings. The van der Waals surface area contributed by atoms with Crippen LogP contribution in [-0.4, -0.2) is 23.1 Å². The molecule has 0 unspecified atom stereocenters. The molecule has 1 heterocycles. The highest BCUT2D eigenvalue weighted by atomic mass is 16.5. The van der Waals surface area contributed by atoms with Gasteiger partial charge in [-0.25, -0.2) is 9.97 Å². The maximum absolute atomic E-state index is 5.86. The standard InChI is InChI=1S/C11H17N3O/c1-8-10(12-2)13-7-14-11(8)15-9-5-3-4-6-9/h7,9H,3-6H2,1-2H3,(H,12,13,14). The summed E-state index contributed by atoms with van der Waals surface area (Å²) in [4.78, 5) is 8.31. The first-order valence-electron chi connectivity index (χ1n) is 5.47. The molecule has 15 heavy (non-hydrogen) atoms. The van der Waals surface area contributed by atoms with Crippen LogP contribution in [0, 0.1) is 6.92 Å². The highest BCUT2D eigenvalue weighted by Crippen LogP contribution is 2.26. The number of nitrogens with one attached hydrogen (secondary N) is 1. The van der Waals surface area contributed by atoms with Gasteiger partial charge in [-0.1, -0.05) is 0 Å². The van der Waals surface area contributed by atoms with Crippen molar-refractivity contribution >= 4 is 5.82 Å². The summed E-state index contributed by atoms with van der Waals surface area (Å²) in [5.41, 5.74) is 0.993. The molecule has 4 heteroatoms. The first-order valence-corrected chi connectivity index (χ1v) is 5.47. The van der Waals surface area contributed by atoms with E-state index in [2.05, 4.69) is 15.3 Å². The van der Waals surface area contributed by atoms with Gasteiger partial charge in [0.15, 0.2) is 0 Å². The van der Waals surface area contributed by atoms with Crippen LogP contribution in [0.3, 0.4) is 0 Å². The molecule has 0 atom stereocenters. The van der Waals surface area contributed by atoms with Crippen LogP contribution in [0.2, 0.25) is 0 Å². The highest BCUT2D eigenvalue weighted by molar-refractivity contribution is 5.46. The van der Waals surface area contributed by atoms with Crippen molar-refractivity contribution in [3.05, 3.63) is 11.9 Å². The SMILES string of the molecule is CNc1ncnc(OC2CCCC2)c1C. The predicted molar refractivity (Wildman–Crippen MR) is 59.2 cm³/mol. The second kappa shape index (κ2) is 4.47. The number of ether oxygens (including phenoxy) is 1. The summed E-state index contributed by atoms with van der Waals surface area (Å²) in [5.74, 6) is 1.57. The first kappa shape index (κ1) is 10.2. The molecule has 1 N–H and O–H groups in total.